The van der Waals surface area contributed by atoms with Crippen LogP contribution in [0.2, 0.25) is 0 Å². The van der Waals surface area contributed by atoms with Gasteiger partial charge in [-0.3, -0.25) is 9.59 Å². The zero-order valence-electron chi connectivity index (χ0n) is 20.8. The number of rotatable bonds is 11. The van der Waals surface area contributed by atoms with E-state index in [-0.39, 0.29) is 24.5 Å². The van der Waals surface area contributed by atoms with E-state index in [9.17, 15) is 9.59 Å². The maximum Gasteiger partial charge on any atom is 0.264 e. The average Bonchev–Trinajstić information content (AvgIpc) is 3.59. The minimum Gasteiger partial charge on any atom is -0.377 e. The summed E-state index contributed by atoms with van der Waals surface area (Å²) in [6, 6.07) is 19.3. The number of hydrogen-bond donors (Lipinski definition) is 1. The highest BCUT2D eigenvalue weighted by Gasteiger charge is 2.25. The highest BCUT2D eigenvalue weighted by atomic mass is 32.1. The molecule has 0 aliphatic carbocycles. The second-order valence-electron chi connectivity index (χ2n) is 9.06. The molecule has 190 valence electrons. The molecule has 1 aliphatic rings. The van der Waals surface area contributed by atoms with Gasteiger partial charge in [-0.15, -0.1) is 11.3 Å². The van der Waals surface area contributed by atoms with Crippen molar-refractivity contribution in [2.24, 2.45) is 0 Å². The van der Waals surface area contributed by atoms with E-state index in [1.807, 2.05) is 89.9 Å². The number of amides is 2. The van der Waals surface area contributed by atoms with Gasteiger partial charge in [-0.2, -0.15) is 0 Å². The second-order valence-corrected chi connectivity index (χ2v) is 10.0. The molecule has 0 radical (unpaired) electrons. The zero-order valence-corrected chi connectivity index (χ0v) is 21.6. The van der Waals surface area contributed by atoms with E-state index in [0.29, 0.717) is 30.3 Å². The number of benzene rings is 2. The number of nitrogens with one attached hydrogen (secondary N) is 1. The van der Waals surface area contributed by atoms with Gasteiger partial charge < -0.3 is 24.6 Å². The van der Waals surface area contributed by atoms with Crippen molar-refractivity contribution < 1.29 is 19.1 Å². The Labute approximate surface area is 216 Å². The first kappa shape index (κ1) is 25.9. The molecule has 2 aromatic carbocycles. The highest BCUT2D eigenvalue weighted by molar-refractivity contribution is 7.12. The molecule has 2 heterocycles. The van der Waals surface area contributed by atoms with Crippen molar-refractivity contribution in [3.8, 4) is 0 Å². The van der Waals surface area contributed by atoms with Gasteiger partial charge in [-0.25, -0.2) is 0 Å². The topological polar surface area (TPSA) is 71.1 Å². The minimum absolute atomic E-state index is 0.00560. The maximum atomic E-state index is 13.4. The van der Waals surface area contributed by atoms with E-state index < -0.39 is 0 Å². The van der Waals surface area contributed by atoms with E-state index in [0.717, 1.165) is 36.3 Å². The molecule has 1 aliphatic heterocycles. The van der Waals surface area contributed by atoms with Crippen LogP contribution in [-0.2, 0) is 27.4 Å². The molecule has 0 bridgehead atoms. The summed E-state index contributed by atoms with van der Waals surface area (Å²) < 4.78 is 11.4. The van der Waals surface area contributed by atoms with Crippen LogP contribution in [0.5, 0.6) is 0 Å². The Bertz CT molecular complexity index is 1130. The Kier molecular flexibility index (Phi) is 9.11. The third-order valence-corrected chi connectivity index (χ3v) is 6.88. The number of thiophene rings is 1. The first-order valence-electron chi connectivity index (χ1n) is 12.2. The number of ether oxygens (including phenoxy) is 2. The molecule has 0 spiro atoms. The molecule has 36 heavy (non-hydrogen) atoms. The lowest BCUT2D eigenvalue weighted by Crippen LogP contribution is -2.37. The Morgan fingerprint density at radius 1 is 1.11 bits per heavy atom. The van der Waals surface area contributed by atoms with Crippen molar-refractivity contribution in [3.05, 3.63) is 82.0 Å². The molecule has 1 aromatic heterocycles. The summed E-state index contributed by atoms with van der Waals surface area (Å²) in [7, 11) is 3.94. The standard InChI is InChI=1S/C28H33N3O4S/c1-30(2)25-13-12-23(29-27(32)20-34-19-21-8-4-3-5-9-21)16-22(25)17-31(18-24-10-6-14-35-24)28(33)26-11-7-15-36-26/h3-5,7-9,11-13,15-16,24H,6,10,14,17-20H2,1-2H3,(H,29,32). The van der Waals surface area contributed by atoms with Gasteiger partial charge in [-0.1, -0.05) is 36.4 Å². The molecule has 0 saturated carbocycles. The van der Waals surface area contributed by atoms with Crippen molar-refractivity contribution in [3.63, 3.8) is 0 Å². The molecule has 7 nitrogen and oxygen atoms in total. The average molecular weight is 508 g/mol. The van der Waals surface area contributed by atoms with E-state index in [1.165, 1.54) is 11.3 Å². The van der Waals surface area contributed by atoms with Gasteiger partial charge in [0, 0.05) is 45.2 Å². The summed E-state index contributed by atoms with van der Waals surface area (Å²) in [6.45, 7) is 2.03. The van der Waals surface area contributed by atoms with Gasteiger partial charge >= 0.3 is 0 Å². The van der Waals surface area contributed by atoms with Crippen LogP contribution in [0.25, 0.3) is 0 Å². The summed E-state index contributed by atoms with van der Waals surface area (Å²) in [6.07, 6.45) is 2.01. The lowest BCUT2D eigenvalue weighted by atomic mass is 10.1. The summed E-state index contributed by atoms with van der Waals surface area (Å²) in [5.41, 5.74) is 3.63. The maximum absolute atomic E-state index is 13.4. The summed E-state index contributed by atoms with van der Waals surface area (Å²) in [5.74, 6) is -0.227. The molecule has 1 fully saturated rings. The molecule has 8 heteroatoms. The molecule has 2 amide bonds. The van der Waals surface area contributed by atoms with Crippen LogP contribution in [0.4, 0.5) is 11.4 Å². The van der Waals surface area contributed by atoms with Crippen molar-refractivity contribution in [2.45, 2.75) is 32.1 Å². The fourth-order valence-electron chi connectivity index (χ4n) is 4.27. The minimum atomic E-state index is -0.222. The van der Waals surface area contributed by atoms with Gasteiger partial charge in [0.2, 0.25) is 5.91 Å². The molecular formula is C28H33N3O4S. The third kappa shape index (κ3) is 7.16. The van der Waals surface area contributed by atoms with Gasteiger partial charge in [0.1, 0.15) is 6.61 Å². The molecule has 3 aromatic rings. The van der Waals surface area contributed by atoms with Crippen LogP contribution in [0.15, 0.2) is 66.0 Å². The normalized spacial score (nSPS) is 15.0. The fourth-order valence-corrected chi connectivity index (χ4v) is 4.96. The Balaban J connectivity index is 1.46. The first-order valence-corrected chi connectivity index (χ1v) is 13.0. The Hall–Kier alpha value is -3.20. The smallest absolute Gasteiger partial charge is 0.264 e. The predicted molar refractivity (Wildman–Crippen MR) is 144 cm³/mol. The van der Waals surface area contributed by atoms with Crippen molar-refractivity contribution in [2.75, 3.05) is 44.1 Å². The van der Waals surface area contributed by atoms with E-state index in [1.54, 1.807) is 0 Å². The number of carbonyl (C=O) groups is 2. The number of nitrogens with zero attached hydrogens (tertiary/aromatic N) is 2. The van der Waals surface area contributed by atoms with Crippen LogP contribution in [0, 0.1) is 0 Å². The fraction of sp³-hybridized carbons (Fsp3) is 0.357. The SMILES string of the molecule is CN(C)c1ccc(NC(=O)COCc2ccccc2)cc1CN(CC1CCCO1)C(=O)c1cccs1. The molecule has 1 atom stereocenters. The van der Waals surface area contributed by atoms with Crippen LogP contribution in [0.3, 0.4) is 0 Å². The van der Waals surface area contributed by atoms with Gasteiger partial charge in [-0.05, 0) is 53.6 Å². The number of hydrogen-bond acceptors (Lipinski definition) is 6. The Morgan fingerprint density at radius 2 is 1.94 bits per heavy atom. The third-order valence-electron chi connectivity index (χ3n) is 6.02. The van der Waals surface area contributed by atoms with Gasteiger partial charge in [0.15, 0.2) is 0 Å². The van der Waals surface area contributed by atoms with Crippen LogP contribution < -0.4 is 10.2 Å². The number of anilines is 2. The van der Waals surface area contributed by atoms with Gasteiger partial charge in [0.05, 0.1) is 17.6 Å². The van der Waals surface area contributed by atoms with E-state index >= 15 is 0 Å². The van der Waals surface area contributed by atoms with Crippen molar-refractivity contribution in [1.29, 1.82) is 0 Å². The predicted octanol–water partition coefficient (Wildman–Crippen LogP) is 4.79. The van der Waals surface area contributed by atoms with Gasteiger partial charge in [0.25, 0.3) is 5.91 Å². The summed E-state index contributed by atoms with van der Waals surface area (Å²) >= 11 is 1.44. The van der Waals surface area contributed by atoms with E-state index in [2.05, 4.69) is 5.32 Å². The van der Waals surface area contributed by atoms with E-state index in [4.69, 9.17) is 9.47 Å². The highest BCUT2D eigenvalue weighted by Crippen LogP contribution is 2.27. The summed E-state index contributed by atoms with van der Waals surface area (Å²) in [5, 5.41) is 4.84. The largest absolute Gasteiger partial charge is 0.377 e. The lowest BCUT2D eigenvalue weighted by Gasteiger charge is -2.28. The lowest BCUT2D eigenvalue weighted by molar-refractivity contribution is -0.121. The quantitative estimate of drug-likeness (QED) is 0.404. The Morgan fingerprint density at radius 3 is 2.64 bits per heavy atom. The monoisotopic (exact) mass is 507 g/mol. The zero-order chi connectivity index (χ0) is 25.3. The first-order chi connectivity index (χ1) is 17.5. The molecule has 4 rings (SSSR count). The molecule has 1 saturated heterocycles. The second kappa shape index (κ2) is 12.7. The van der Waals surface area contributed by atoms with Crippen molar-refractivity contribution in [1.82, 2.24) is 4.90 Å². The number of carbonyl (C=O) groups excluding carboxylic acids is 2. The summed E-state index contributed by atoms with van der Waals surface area (Å²) in [4.78, 5) is 30.5. The van der Waals surface area contributed by atoms with Crippen LogP contribution in [0.1, 0.15) is 33.6 Å². The molecule has 1 unspecified atom stereocenters. The van der Waals surface area contributed by atoms with Crippen LogP contribution in [-0.4, -0.2) is 56.7 Å². The molecular weight excluding hydrogens is 474 g/mol. The van der Waals surface area contributed by atoms with Crippen LogP contribution >= 0.6 is 11.3 Å². The van der Waals surface area contributed by atoms with Crippen molar-refractivity contribution >= 4 is 34.5 Å². The molecule has 1 N–H and O–H groups in total.